The number of nitrogens with zero attached hydrogens (tertiary/aromatic N) is 2. The number of hydrogen-bond donors (Lipinski definition) is 0. The predicted molar refractivity (Wildman–Crippen MR) is 45.9 cm³/mol. The second kappa shape index (κ2) is 2.59. The lowest BCUT2D eigenvalue weighted by molar-refractivity contribution is 0.441. The molecule has 12 heavy (non-hydrogen) atoms. The van der Waals surface area contributed by atoms with Gasteiger partial charge >= 0.3 is 0 Å². The number of fused-ring (bicyclic) bond motifs is 1. The van der Waals surface area contributed by atoms with E-state index in [1.54, 1.807) is 12.4 Å². The molecule has 0 aromatic carbocycles. The van der Waals surface area contributed by atoms with Gasteiger partial charge in [-0.05, 0) is 5.92 Å². The summed E-state index contributed by atoms with van der Waals surface area (Å²) in [7, 11) is 0. The van der Waals surface area contributed by atoms with E-state index in [2.05, 4.69) is 24.0 Å². The summed E-state index contributed by atoms with van der Waals surface area (Å²) < 4.78 is 5.12. The van der Waals surface area contributed by atoms with Crippen LogP contribution in [0.4, 0.5) is 0 Å². The van der Waals surface area contributed by atoms with Crippen LogP contribution in [-0.2, 0) is 0 Å². The molecule has 2 heterocycles. The SMILES string of the molecule is CC(C)c1noc2ccncc12. The van der Waals surface area contributed by atoms with Gasteiger partial charge in [0.1, 0.15) is 0 Å². The molecule has 2 aromatic heterocycles. The van der Waals surface area contributed by atoms with Crippen LogP contribution in [0.3, 0.4) is 0 Å². The number of aromatic nitrogens is 2. The van der Waals surface area contributed by atoms with Gasteiger partial charge in [-0.1, -0.05) is 19.0 Å². The fraction of sp³-hybridized carbons (Fsp3) is 0.333. The first-order valence-electron chi connectivity index (χ1n) is 3.98. The van der Waals surface area contributed by atoms with E-state index in [0.29, 0.717) is 5.92 Å². The fourth-order valence-electron chi connectivity index (χ4n) is 1.22. The summed E-state index contributed by atoms with van der Waals surface area (Å²) in [6.07, 6.45) is 3.50. The Labute approximate surface area is 70.4 Å². The Hall–Kier alpha value is -1.38. The summed E-state index contributed by atoms with van der Waals surface area (Å²) in [4.78, 5) is 4.03. The zero-order valence-corrected chi connectivity index (χ0v) is 7.11. The van der Waals surface area contributed by atoms with E-state index in [4.69, 9.17) is 4.52 Å². The molecule has 0 spiro atoms. The maximum Gasteiger partial charge on any atom is 0.170 e. The first kappa shape index (κ1) is 7.28. The van der Waals surface area contributed by atoms with Crippen molar-refractivity contribution < 1.29 is 4.52 Å². The van der Waals surface area contributed by atoms with Crippen molar-refractivity contribution in [1.82, 2.24) is 10.1 Å². The van der Waals surface area contributed by atoms with Gasteiger partial charge in [0, 0.05) is 18.5 Å². The standard InChI is InChI=1S/C9H10N2O/c1-6(2)9-7-5-10-4-3-8(7)12-11-9/h3-6H,1-2H3. The molecule has 3 nitrogen and oxygen atoms in total. The molecule has 0 aliphatic carbocycles. The maximum atomic E-state index is 5.12. The highest BCUT2D eigenvalue weighted by Crippen LogP contribution is 2.22. The average Bonchev–Trinajstić information content (AvgIpc) is 2.47. The van der Waals surface area contributed by atoms with Gasteiger partial charge in [-0.2, -0.15) is 0 Å². The van der Waals surface area contributed by atoms with E-state index in [1.807, 2.05) is 6.07 Å². The van der Waals surface area contributed by atoms with Gasteiger partial charge in [-0.25, -0.2) is 0 Å². The van der Waals surface area contributed by atoms with Crippen LogP contribution in [0.15, 0.2) is 23.0 Å². The van der Waals surface area contributed by atoms with E-state index < -0.39 is 0 Å². The molecule has 0 fully saturated rings. The Bertz CT molecular complexity index is 392. The second-order valence-corrected chi connectivity index (χ2v) is 3.09. The average molecular weight is 162 g/mol. The van der Waals surface area contributed by atoms with Crippen molar-refractivity contribution in [2.24, 2.45) is 0 Å². The minimum Gasteiger partial charge on any atom is -0.356 e. The first-order valence-corrected chi connectivity index (χ1v) is 3.98. The molecule has 0 saturated heterocycles. The van der Waals surface area contributed by atoms with Crippen molar-refractivity contribution in [3.8, 4) is 0 Å². The van der Waals surface area contributed by atoms with E-state index in [1.165, 1.54) is 0 Å². The monoisotopic (exact) mass is 162 g/mol. The second-order valence-electron chi connectivity index (χ2n) is 3.09. The number of rotatable bonds is 1. The van der Waals surface area contributed by atoms with Crippen LogP contribution in [-0.4, -0.2) is 10.1 Å². The summed E-state index contributed by atoms with van der Waals surface area (Å²) in [5, 5.41) is 5.00. The van der Waals surface area contributed by atoms with Crippen LogP contribution in [0.1, 0.15) is 25.5 Å². The fourth-order valence-corrected chi connectivity index (χ4v) is 1.22. The van der Waals surface area contributed by atoms with Gasteiger partial charge in [0.05, 0.1) is 11.1 Å². The van der Waals surface area contributed by atoms with E-state index in [-0.39, 0.29) is 0 Å². The third-order valence-electron chi connectivity index (χ3n) is 1.85. The van der Waals surface area contributed by atoms with E-state index in [0.717, 1.165) is 16.7 Å². The van der Waals surface area contributed by atoms with Crippen molar-refractivity contribution in [2.45, 2.75) is 19.8 Å². The van der Waals surface area contributed by atoms with Gasteiger partial charge < -0.3 is 4.52 Å². The molecule has 0 unspecified atom stereocenters. The molecule has 0 aliphatic rings. The van der Waals surface area contributed by atoms with Gasteiger partial charge in [-0.3, -0.25) is 4.98 Å². The lowest BCUT2D eigenvalue weighted by Crippen LogP contribution is -1.86. The summed E-state index contributed by atoms with van der Waals surface area (Å²) in [6.45, 7) is 4.18. The molecule has 0 aliphatic heterocycles. The molecule has 0 amide bonds. The smallest absolute Gasteiger partial charge is 0.170 e. The molecule has 0 saturated carbocycles. The molecular formula is C9H10N2O. The largest absolute Gasteiger partial charge is 0.356 e. The van der Waals surface area contributed by atoms with Gasteiger partial charge in [0.2, 0.25) is 0 Å². The summed E-state index contributed by atoms with van der Waals surface area (Å²) in [5.41, 5.74) is 1.80. The maximum absolute atomic E-state index is 5.12. The Morgan fingerprint density at radius 1 is 1.42 bits per heavy atom. The van der Waals surface area contributed by atoms with Gasteiger partial charge in [-0.15, -0.1) is 0 Å². The highest BCUT2D eigenvalue weighted by Gasteiger charge is 2.10. The van der Waals surface area contributed by atoms with Crippen molar-refractivity contribution in [1.29, 1.82) is 0 Å². The topological polar surface area (TPSA) is 38.9 Å². The van der Waals surface area contributed by atoms with Gasteiger partial charge in [0.15, 0.2) is 5.58 Å². The van der Waals surface area contributed by atoms with Crippen molar-refractivity contribution in [3.63, 3.8) is 0 Å². The summed E-state index contributed by atoms with van der Waals surface area (Å²) in [6, 6.07) is 1.83. The zero-order valence-electron chi connectivity index (χ0n) is 7.11. The van der Waals surface area contributed by atoms with Crippen LogP contribution in [0.5, 0.6) is 0 Å². The van der Waals surface area contributed by atoms with E-state index >= 15 is 0 Å². The Morgan fingerprint density at radius 3 is 3.00 bits per heavy atom. The molecule has 0 radical (unpaired) electrons. The van der Waals surface area contributed by atoms with Crippen molar-refractivity contribution in [2.75, 3.05) is 0 Å². The number of hydrogen-bond acceptors (Lipinski definition) is 3. The van der Waals surface area contributed by atoms with Gasteiger partial charge in [0.25, 0.3) is 0 Å². The zero-order chi connectivity index (χ0) is 8.55. The van der Waals surface area contributed by atoms with Crippen molar-refractivity contribution >= 4 is 11.0 Å². The molecule has 2 aromatic rings. The first-order chi connectivity index (χ1) is 5.79. The highest BCUT2D eigenvalue weighted by molar-refractivity contribution is 5.78. The van der Waals surface area contributed by atoms with Crippen LogP contribution in [0, 0.1) is 0 Å². The third-order valence-corrected chi connectivity index (χ3v) is 1.85. The molecule has 0 bridgehead atoms. The Kier molecular flexibility index (Phi) is 1.57. The lowest BCUT2D eigenvalue weighted by atomic mass is 10.1. The molecular weight excluding hydrogens is 152 g/mol. The Morgan fingerprint density at radius 2 is 2.25 bits per heavy atom. The van der Waals surface area contributed by atoms with Crippen LogP contribution >= 0.6 is 0 Å². The molecule has 0 atom stereocenters. The highest BCUT2D eigenvalue weighted by atomic mass is 16.5. The summed E-state index contributed by atoms with van der Waals surface area (Å²) >= 11 is 0. The third kappa shape index (κ3) is 0.978. The summed E-state index contributed by atoms with van der Waals surface area (Å²) in [5.74, 6) is 0.385. The lowest BCUT2D eigenvalue weighted by Gasteiger charge is -1.96. The van der Waals surface area contributed by atoms with Crippen molar-refractivity contribution in [3.05, 3.63) is 24.2 Å². The van der Waals surface area contributed by atoms with Crippen LogP contribution < -0.4 is 0 Å². The number of pyridine rings is 1. The minimum absolute atomic E-state index is 0.385. The molecule has 0 N–H and O–H groups in total. The molecule has 62 valence electrons. The quantitative estimate of drug-likeness (QED) is 0.646. The molecule has 2 rings (SSSR count). The normalized spacial score (nSPS) is 11.2. The minimum atomic E-state index is 0.385. The van der Waals surface area contributed by atoms with Crippen LogP contribution in [0.2, 0.25) is 0 Å². The molecule has 3 heteroatoms. The van der Waals surface area contributed by atoms with E-state index in [9.17, 15) is 0 Å². The van der Waals surface area contributed by atoms with Crippen LogP contribution in [0.25, 0.3) is 11.0 Å². The Balaban J connectivity index is 2.70. The predicted octanol–water partition coefficient (Wildman–Crippen LogP) is 2.35.